The molecule has 0 spiro atoms. The van der Waals surface area contributed by atoms with Crippen LogP contribution in [-0.2, 0) is 4.74 Å². The van der Waals surface area contributed by atoms with E-state index in [1.807, 2.05) is 42.5 Å². The smallest absolute Gasteiger partial charge is 0.450 e. The zero-order valence-electron chi connectivity index (χ0n) is 13.6. The first-order chi connectivity index (χ1) is 12.5. The zero-order valence-corrected chi connectivity index (χ0v) is 14.3. The molecule has 4 rings (SSSR count). The third-order valence-electron chi connectivity index (χ3n) is 4.63. The summed E-state index contributed by atoms with van der Waals surface area (Å²) in [5.74, 6) is -0.674. The number of benzene rings is 3. The summed E-state index contributed by atoms with van der Waals surface area (Å²) in [6, 6.07) is 16.6. The van der Waals surface area contributed by atoms with Crippen molar-refractivity contribution in [1.29, 1.82) is 0 Å². The molecule has 0 saturated heterocycles. The van der Waals surface area contributed by atoms with E-state index in [1.165, 1.54) is 12.1 Å². The molecule has 1 heterocycles. The second-order valence-corrected chi connectivity index (χ2v) is 6.67. The van der Waals surface area contributed by atoms with Crippen LogP contribution in [0.2, 0.25) is 5.02 Å². The van der Waals surface area contributed by atoms with Gasteiger partial charge in [-0.15, -0.1) is 0 Å². The molecule has 0 fully saturated rings. The Balaban J connectivity index is 1.83. The fraction of sp³-hybridized carbons (Fsp3) is 0.150. The molecule has 4 nitrogen and oxygen atoms in total. The topological polar surface area (TPSA) is 58.6 Å². The van der Waals surface area contributed by atoms with Crippen LogP contribution in [0, 0.1) is 5.82 Å². The summed E-state index contributed by atoms with van der Waals surface area (Å²) in [5.41, 5.74) is 2.14. The van der Waals surface area contributed by atoms with E-state index in [2.05, 4.69) is 5.32 Å². The zero-order chi connectivity index (χ0) is 18.3. The van der Waals surface area contributed by atoms with Crippen LogP contribution in [-0.4, -0.2) is 17.5 Å². The van der Waals surface area contributed by atoms with Crippen molar-refractivity contribution in [3.05, 3.63) is 76.6 Å². The number of ether oxygens (including phenoxy) is 1. The van der Waals surface area contributed by atoms with Crippen LogP contribution in [0.4, 0.5) is 14.9 Å². The number of rotatable bonds is 2. The second kappa shape index (κ2) is 6.50. The fourth-order valence-electron chi connectivity index (χ4n) is 3.52. The first-order valence-electron chi connectivity index (χ1n) is 8.15. The first-order valence-corrected chi connectivity index (χ1v) is 8.53. The number of carbonyl (C=O) groups is 1. The molecule has 0 radical (unpaired) electrons. The van der Waals surface area contributed by atoms with E-state index in [0.717, 1.165) is 16.3 Å². The molecule has 3 aromatic rings. The van der Waals surface area contributed by atoms with Crippen molar-refractivity contribution in [1.82, 2.24) is 0 Å². The molecule has 0 saturated carbocycles. The predicted molar refractivity (Wildman–Crippen MR) is 98.3 cm³/mol. The van der Waals surface area contributed by atoms with Gasteiger partial charge in [-0.25, -0.2) is 9.18 Å². The van der Waals surface area contributed by atoms with Crippen LogP contribution < -0.4 is 5.32 Å². The van der Waals surface area contributed by atoms with E-state index in [-0.39, 0.29) is 10.9 Å². The number of halogens is 2. The Morgan fingerprint density at radius 1 is 1.15 bits per heavy atom. The summed E-state index contributed by atoms with van der Waals surface area (Å²) in [6.45, 7) is 0. The molecule has 26 heavy (non-hydrogen) atoms. The van der Waals surface area contributed by atoms with Crippen LogP contribution in [0.25, 0.3) is 10.8 Å². The van der Waals surface area contributed by atoms with E-state index in [9.17, 15) is 9.18 Å². The number of hydrogen-bond donors (Lipinski definition) is 2. The molecule has 1 aliphatic rings. The van der Waals surface area contributed by atoms with E-state index >= 15 is 0 Å². The normalized spacial score (nSPS) is 18.8. The van der Waals surface area contributed by atoms with Crippen molar-refractivity contribution >= 4 is 34.2 Å². The maximum absolute atomic E-state index is 14.0. The maximum Gasteiger partial charge on any atom is 0.507 e. The first kappa shape index (κ1) is 16.7. The molecule has 132 valence electrons. The third-order valence-corrected chi connectivity index (χ3v) is 4.93. The molecule has 1 aliphatic heterocycles. The van der Waals surface area contributed by atoms with E-state index in [4.69, 9.17) is 21.4 Å². The van der Waals surface area contributed by atoms with Gasteiger partial charge in [0.25, 0.3) is 0 Å². The Kier molecular flexibility index (Phi) is 4.17. The lowest BCUT2D eigenvalue weighted by atomic mass is 9.83. The van der Waals surface area contributed by atoms with Gasteiger partial charge in [0.1, 0.15) is 5.82 Å². The molecule has 2 unspecified atom stereocenters. The van der Waals surface area contributed by atoms with Crippen LogP contribution >= 0.6 is 11.6 Å². The average molecular weight is 372 g/mol. The van der Waals surface area contributed by atoms with Gasteiger partial charge < -0.3 is 15.2 Å². The highest BCUT2D eigenvalue weighted by Gasteiger charge is 2.32. The Hall–Kier alpha value is -2.79. The second-order valence-electron chi connectivity index (χ2n) is 6.26. The third kappa shape index (κ3) is 3.06. The summed E-state index contributed by atoms with van der Waals surface area (Å²) in [7, 11) is 0. The number of hydrogen-bond acceptors (Lipinski definition) is 3. The molecule has 0 bridgehead atoms. The maximum atomic E-state index is 14.0. The van der Waals surface area contributed by atoms with E-state index in [1.54, 1.807) is 0 Å². The molecule has 3 aromatic carbocycles. The minimum atomic E-state index is -1.37. The molecular weight excluding hydrogens is 357 g/mol. The van der Waals surface area contributed by atoms with Crippen molar-refractivity contribution in [2.45, 2.75) is 18.6 Å². The highest BCUT2D eigenvalue weighted by atomic mass is 35.5. The van der Waals surface area contributed by atoms with Gasteiger partial charge in [-0.1, -0.05) is 54.1 Å². The van der Waals surface area contributed by atoms with Gasteiger partial charge in [0.15, 0.2) is 6.23 Å². The van der Waals surface area contributed by atoms with E-state index in [0.29, 0.717) is 17.7 Å². The van der Waals surface area contributed by atoms with Crippen LogP contribution in [0.15, 0.2) is 54.6 Å². The van der Waals surface area contributed by atoms with Crippen molar-refractivity contribution < 1.29 is 19.0 Å². The molecule has 0 amide bonds. The molecule has 6 heteroatoms. The molecular formula is C20H15ClFNO3. The average Bonchev–Trinajstić information content (AvgIpc) is 2.61. The molecule has 0 aromatic heterocycles. The standard InChI is InChI=1S/C20H15ClFNO3/c21-17-9-14(22)8-16-15(10-18(23-19(16)17)26-20(24)25)13-6-5-11-3-1-2-4-12(11)7-13/h1-9,15,18,23H,10H2,(H,24,25). The quantitative estimate of drug-likeness (QED) is 0.575. The van der Waals surface area contributed by atoms with E-state index < -0.39 is 18.2 Å². The number of carboxylic acid groups (broad SMARTS) is 1. The summed E-state index contributed by atoms with van der Waals surface area (Å²) < 4.78 is 18.9. The lowest BCUT2D eigenvalue weighted by molar-refractivity contribution is 0.0561. The summed E-state index contributed by atoms with van der Waals surface area (Å²) >= 11 is 6.19. The summed E-state index contributed by atoms with van der Waals surface area (Å²) in [5, 5.41) is 14.3. The number of nitrogens with one attached hydrogen (secondary N) is 1. The largest absolute Gasteiger partial charge is 0.507 e. The Bertz CT molecular complexity index is 1010. The van der Waals surface area contributed by atoms with Crippen LogP contribution in [0.5, 0.6) is 0 Å². The Morgan fingerprint density at radius 2 is 1.92 bits per heavy atom. The van der Waals surface area contributed by atoms with Gasteiger partial charge in [0.2, 0.25) is 0 Å². The van der Waals surface area contributed by atoms with Crippen LogP contribution in [0.3, 0.4) is 0 Å². The Morgan fingerprint density at radius 3 is 2.69 bits per heavy atom. The van der Waals surface area contributed by atoms with Gasteiger partial charge in [0.05, 0.1) is 10.7 Å². The summed E-state index contributed by atoms with van der Waals surface area (Å²) in [6.07, 6.45) is -1.79. The van der Waals surface area contributed by atoms with Gasteiger partial charge in [0, 0.05) is 12.3 Å². The highest BCUT2D eigenvalue weighted by molar-refractivity contribution is 6.33. The lowest BCUT2D eigenvalue weighted by Gasteiger charge is -2.33. The van der Waals surface area contributed by atoms with Gasteiger partial charge in [-0.2, -0.15) is 0 Å². The minimum absolute atomic E-state index is 0.199. The molecule has 2 atom stereocenters. The van der Waals surface area contributed by atoms with Gasteiger partial charge in [-0.05, 0) is 34.0 Å². The molecule has 0 aliphatic carbocycles. The minimum Gasteiger partial charge on any atom is -0.450 e. The highest BCUT2D eigenvalue weighted by Crippen LogP contribution is 2.43. The predicted octanol–water partition coefficient (Wildman–Crippen LogP) is 5.60. The van der Waals surface area contributed by atoms with Crippen molar-refractivity contribution in [2.24, 2.45) is 0 Å². The number of anilines is 1. The Labute approximate surface area is 154 Å². The van der Waals surface area contributed by atoms with Gasteiger partial charge >= 0.3 is 6.16 Å². The van der Waals surface area contributed by atoms with Crippen molar-refractivity contribution in [3.63, 3.8) is 0 Å². The monoisotopic (exact) mass is 371 g/mol. The summed E-state index contributed by atoms with van der Waals surface area (Å²) in [4.78, 5) is 11.0. The van der Waals surface area contributed by atoms with Crippen molar-refractivity contribution in [2.75, 3.05) is 5.32 Å². The SMILES string of the molecule is O=C(O)OC1CC(c2ccc3ccccc3c2)c2cc(F)cc(Cl)c2N1. The fourth-order valence-corrected chi connectivity index (χ4v) is 3.79. The number of fused-ring (bicyclic) bond motifs is 2. The molecule has 2 N–H and O–H groups in total. The lowest BCUT2D eigenvalue weighted by Crippen LogP contribution is -2.33. The van der Waals surface area contributed by atoms with Crippen molar-refractivity contribution in [3.8, 4) is 0 Å². The van der Waals surface area contributed by atoms with Gasteiger partial charge in [-0.3, -0.25) is 0 Å². The van der Waals surface area contributed by atoms with Crippen LogP contribution in [0.1, 0.15) is 23.5 Å².